The maximum atomic E-state index is 12.9. The minimum absolute atomic E-state index is 0.0528. The van der Waals surface area contributed by atoms with Gasteiger partial charge in [0.1, 0.15) is 5.75 Å². The van der Waals surface area contributed by atoms with Crippen LogP contribution in [0.3, 0.4) is 0 Å². The molecule has 0 fully saturated rings. The first-order chi connectivity index (χ1) is 14.6. The number of hydrogen-bond donors (Lipinski definition) is 0. The Morgan fingerprint density at radius 1 is 1.03 bits per heavy atom. The van der Waals surface area contributed by atoms with Gasteiger partial charge in [-0.25, -0.2) is 0 Å². The van der Waals surface area contributed by atoms with Crippen molar-refractivity contribution in [1.29, 1.82) is 0 Å². The number of benzene rings is 3. The first-order valence-corrected chi connectivity index (χ1v) is 10.0. The summed E-state index contributed by atoms with van der Waals surface area (Å²) in [5, 5.41) is 1.84. The molecular formula is C25H25NO4. The van der Waals surface area contributed by atoms with Gasteiger partial charge < -0.3 is 19.1 Å². The lowest BCUT2D eigenvalue weighted by Crippen LogP contribution is -2.15. The quantitative estimate of drug-likeness (QED) is 0.307. The number of carbonyl (C=O) groups excluding carboxylic acids is 1. The van der Waals surface area contributed by atoms with Crippen LogP contribution in [0.2, 0.25) is 0 Å². The summed E-state index contributed by atoms with van der Waals surface area (Å²) < 4.78 is 16.7. The monoisotopic (exact) mass is 403 g/mol. The molecule has 1 aliphatic rings. The molecule has 0 amide bonds. The van der Waals surface area contributed by atoms with Gasteiger partial charge in [0.25, 0.3) is 0 Å². The van der Waals surface area contributed by atoms with Crippen LogP contribution >= 0.6 is 0 Å². The normalized spacial score (nSPS) is 12.8. The summed E-state index contributed by atoms with van der Waals surface area (Å²) in [5.41, 5.74) is 1.54. The van der Waals surface area contributed by atoms with Gasteiger partial charge in [-0.15, -0.1) is 0 Å². The third-order valence-electron chi connectivity index (χ3n) is 4.98. The van der Waals surface area contributed by atoms with Gasteiger partial charge in [0.05, 0.1) is 6.61 Å². The van der Waals surface area contributed by atoms with E-state index in [2.05, 4.69) is 4.90 Å². The summed E-state index contributed by atoms with van der Waals surface area (Å²) in [6.45, 7) is 1.84. The highest BCUT2D eigenvalue weighted by molar-refractivity contribution is 6.15. The standard InChI is InChI=1S/C25H25NO4/c1-26(2)14-5-15-28-23-13-10-20(19-6-3-4-7-21(19)23)22(27)11-8-18-9-12-24-25(16-18)30-17-29-24/h3-4,6-13,16H,5,14-15,17H2,1-2H3/b11-8+. The van der Waals surface area contributed by atoms with E-state index in [1.807, 2.05) is 68.7 Å². The van der Waals surface area contributed by atoms with E-state index >= 15 is 0 Å². The van der Waals surface area contributed by atoms with Crippen molar-refractivity contribution in [2.75, 3.05) is 34.0 Å². The zero-order chi connectivity index (χ0) is 20.9. The largest absolute Gasteiger partial charge is 0.493 e. The molecule has 0 atom stereocenters. The lowest BCUT2D eigenvalue weighted by molar-refractivity contribution is 0.104. The molecule has 3 aromatic carbocycles. The van der Waals surface area contributed by atoms with E-state index in [9.17, 15) is 4.79 Å². The van der Waals surface area contributed by atoms with E-state index in [1.165, 1.54) is 0 Å². The first-order valence-electron chi connectivity index (χ1n) is 10.0. The van der Waals surface area contributed by atoms with E-state index in [4.69, 9.17) is 14.2 Å². The topological polar surface area (TPSA) is 48.0 Å². The van der Waals surface area contributed by atoms with Gasteiger partial charge in [-0.2, -0.15) is 0 Å². The van der Waals surface area contributed by atoms with Crippen LogP contribution in [-0.4, -0.2) is 44.7 Å². The summed E-state index contributed by atoms with van der Waals surface area (Å²) in [6.07, 6.45) is 4.34. The molecule has 0 saturated heterocycles. The fourth-order valence-electron chi connectivity index (χ4n) is 3.45. The van der Waals surface area contributed by atoms with Crippen molar-refractivity contribution in [3.63, 3.8) is 0 Å². The molecule has 0 spiro atoms. The highest BCUT2D eigenvalue weighted by Gasteiger charge is 2.13. The molecule has 0 aliphatic carbocycles. The highest BCUT2D eigenvalue weighted by Crippen LogP contribution is 2.33. The van der Waals surface area contributed by atoms with Gasteiger partial charge in [-0.1, -0.05) is 36.4 Å². The summed E-state index contributed by atoms with van der Waals surface area (Å²) in [6, 6.07) is 17.2. The third-order valence-corrected chi connectivity index (χ3v) is 4.98. The molecule has 5 nitrogen and oxygen atoms in total. The Morgan fingerprint density at radius 2 is 1.83 bits per heavy atom. The van der Waals surface area contributed by atoms with Crippen LogP contribution in [0.5, 0.6) is 17.2 Å². The number of fused-ring (bicyclic) bond motifs is 2. The molecule has 0 bridgehead atoms. The van der Waals surface area contributed by atoms with Crippen LogP contribution in [0.1, 0.15) is 22.3 Å². The lowest BCUT2D eigenvalue weighted by atomic mass is 10.00. The third kappa shape index (κ3) is 4.47. The Balaban J connectivity index is 1.53. The number of hydrogen-bond acceptors (Lipinski definition) is 5. The zero-order valence-corrected chi connectivity index (χ0v) is 17.3. The van der Waals surface area contributed by atoms with Crippen LogP contribution in [0.25, 0.3) is 16.8 Å². The predicted molar refractivity (Wildman–Crippen MR) is 119 cm³/mol. The van der Waals surface area contributed by atoms with Gasteiger partial charge in [-0.05, 0) is 61.8 Å². The maximum Gasteiger partial charge on any atom is 0.231 e. The zero-order valence-electron chi connectivity index (χ0n) is 17.3. The van der Waals surface area contributed by atoms with Crippen molar-refractivity contribution >= 4 is 22.6 Å². The molecule has 0 unspecified atom stereocenters. The van der Waals surface area contributed by atoms with Crippen molar-refractivity contribution in [1.82, 2.24) is 4.90 Å². The van der Waals surface area contributed by atoms with Crippen molar-refractivity contribution in [3.05, 3.63) is 71.8 Å². The minimum Gasteiger partial charge on any atom is -0.493 e. The number of rotatable bonds is 8. The van der Waals surface area contributed by atoms with Crippen LogP contribution in [-0.2, 0) is 0 Å². The Bertz CT molecular complexity index is 1090. The molecule has 30 heavy (non-hydrogen) atoms. The fraction of sp³-hybridized carbons (Fsp3) is 0.240. The number of nitrogens with zero attached hydrogens (tertiary/aromatic N) is 1. The number of carbonyl (C=O) groups is 1. The van der Waals surface area contributed by atoms with Crippen LogP contribution in [0.4, 0.5) is 0 Å². The molecule has 154 valence electrons. The van der Waals surface area contributed by atoms with Gasteiger partial charge >= 0.3 is 0 Å². The number of allylic oxidation sites excluding steroid dienone is 1. The summed E-state index contributed by atoms with van der Waals surface area (Å²) in [7, 11) is 4.10. The van der Waals surface area contributed by atoms with Gasteiger partial charge in [0.15, 0.2) is 17.3 Å². The van der Waals surface area contributed by atoms with Crippen molar-refractivity contribution in [2.45, 2.75) is 6.42 Å². The SMILES string of the molecule is CN(C)CCCOc1ccc(C(=O)/C=C/c2ccc3c(c2)OCO3)c2ccccc12. The fourth-order valence-corrected chi connectivity index (χ4v) is 3.45. The van der Waals surface area contributed by atoms with E-state index < -0.39 is 0 Å². The van der Waals surface area contributed by atoms with Crippen LogP contribution in [0, 0.1) is 0 Å². The maximum absolute atomic E-state index is 12.9. The molecule has 4 rings (SSSR count). The molecular weight excluding hydrogens is 378 g/mol. The predicted octanol–water partition coefficient (Wildman–Crippen LogP) is 4.80. The molecule has 3 aromatic rings. The van der Waals surface area contributed by atoms with E-state index in [1.54, 1.807) is 12.2 Å². The van der Waals surface area contributed by atoms with Crippen molar-refractivity contribution < 1.29 is 19.0 Å². The molecule has 5 heteroatoms. The summed E-state index contributed by atoms with van der Waals surface area (Å²) in [5.74, 6) is 2.18. The first kappa shape index (κ1) is 20.0. The van der Waals surface area contributed by atoms with Gasteiger partial charge in [-0.3, -0.25) is 4.79 Å². The summed E-state index contributed by atoms with van der Waals surface area (Å²) in [4.78, 5) is 15.1. The number of ether oxygens (including phenoxy) is 3. The molecule has 0 radical (unpaired) electrons. The molecule has 0 saturated carbocycles. The second-order valence-electron chi connectivity index (χ2n) is 7.47. The average Bonchev–Trinajstić information content (AvgIpc) is 3.22. The minimum atomic E-state index is -0.0528. The van der Waals surface area contributed by atoms with Crippen LogP contribution < -0.4 is 14.2 Å². The van der Waals surface area contributed by atoms with E-state index in [-0.39, 0.29) is 12.6 Å². The Hall–Kier alpha value is -3.31. The smallest absolute Gasteiger partial charge is 0.231 e. The Kier molecular flexibility index (Phi) is 6.00. The number of ketones is 1. The molecule has 1 heterocycles. The molecule has 0 N–H and O–H groups in total. The highest BCUT2D eigenvalue weighted by atomic mass is 16.7. The second-order valence-corrected chi connectivity index (χ2v) is 7.47. The summed E-state index contributed by atoms with van der Waals surface area (Å²) >= 11 is 0. The second kappa shape index (κ2) is 9.01. The van der Waals surface area contributed by atoms with E-state index in [0.717, 1.165) is 40.8 Å². The molecule has 0 aromatic heterocycles. The molecule has 1 aliphatic heterocycles. The Morgan fingerprint density at radius 3 is 2.67 bits per heavy atom. The average molecular weight is 403 g/mol. The van der Waals surface area contributed by atoms with E-state index in [0.29, 0.717) is 17.9 Å². The van der Waals surface area contributed by atoms with Gasteiger partial charge in [0, 0.05) is 17.5 Å². The van der Waals surface area contributed by atoms with Gasteiger partial charge in [0.2, 0.25) is 6.79 Å². The van der Waals surface area contributed by atoms with Crippen molar-refractivity contribution in [3.8, 4) is 17.2 Å². The van der Waals surface area contributed by atoms with Crippen molar-refractivity contribution in [2.24, 2.45) is 0 Å². The lowest BCUT2D eigenvalue weighted by Gasteiger charge is -2.13. The Labute approximate surface area is 176 Å². The van der Waals surface area contributed by atoms with Crippen LogP contribution in [0.15, 0.2) is 60.7 Å².